The van der Waals surface area contributed by atoms with Crippen molar-refractivity contribution in [3.05, 3.63) is 24.3 Å². The molecule has 3 nitrogen and oxygen atoms in total. The van der Waals surface area contributed by atoms with E-state index in [-0.39, 0.29) is 24.6 Å². The number of hydrogen-bond donors (Lipinski definition) is 1. The van der Waals surface area contributed by atoms with E-state index in [9.17, 15) is 5.11 Å². The highest BCUT2D eigenvalue weighted by Crippen LogP contribution is 2.26. The number of phenols is 1. The van der Waals surface area contributed by atoms with Crippen molar-refractivity contribution in [2.45, 2.75) is 32.5 Å². The van der Waals surface area contributed by atoms with Crippen molar-refractivity contribution < 1.29 is 14.4 Å². The van der Waals surface area contributed by atoms with Crippen molar-refractivity contribution in [3.63, 3.8) is 0 Å². The van der Waals surface area contributed by atoms with Crippen LogP contribution in [0.4, 0.5) is 0 Å². The Hall–Kier alpha value is -0.995. The minimum atomic E-state index is -0.373. The number of benzene rings is 1. The summed E-state index contributed by atoms with van der Waals surface area (Å²) in [6.45, 7) is 5.99. The lowest BCUT2D eigenvalue weighted by Crippen LogP contribution is -2.34. The summed E-state index contributed by atoms with van der Waals surface area (Å²) < 4.78 is 11.5. The molecule has 1 aliphatic heterocycles. The summed E-state index contributed by atoms with van der Waals surface area (Å²) in [6, 6.07) is 6.97. The maximum Gasteiger partial charge on any atom is 0.494 e. The Labute approximate surface area is 90.2 Å². The molecule has 1 aromatic carbocycles. The van der Waals surface area contributed by atoms with Gasteiger partial charge in [-0.15, -0.1) is 0 Å². The molecule has 2 rings (SSSR count). The SMILES string of the molecule is CC1OB(c2cccc(O)c2)OC1(C)C. The minimum absolute atomic E-state index is 0.0462. The van der Waals surface area contributed by atoms with E-state index in [0.717, 1.165) is 5.46 Å². The smallest absolute Gasteiger partial charge is 0.494 e. The molecule has 1 N–H and O–H groups in total. The molecular weight excluding hydrogens is 191 g/mol. The summed E-state index contributed by atoms with van der Waals surface area (Å²) in [4.78, 5) is 0. The molecule has 0 amide bonds. The fraction of sp³-hybridized carbons (Fsp3) is 0.455. The Morgan fingerprint density at radius 1 is 1.40 bits per heavy atom. The molecule has 1 aliphatic rings. The number of aromatic hydroxyl groups is 1. The third kappa shape index (κ3) is 2.01. The Morgan fingerprint density at radius 2 is 2.13 bits per heavy atom. The fourth-order valence-electron chi connectivity index (χ4n) is 1.57. The predicted molar refractivity (Wildman–Crippen MR) is 59.2 cm³/mol. The molecule has 0 aromatic heterocycles. The van der Waals surface area contributed by atoms with Gasteiger partial charge in [-0.1, -0.05) is 12.1 Å². The zero-order valence-electron chi connectivity index (χ0n) is 9.23. The predicted octanol–water partition coefficient (Wildman–Crippen LogP) is 1.30. The topological polar surface area (TPSA) is 38.7 Å². The molecule has 80 valence electrons. The molecule has 0 bridgehead atoms. The van der Waals surface area contributed by atoms with Gasteiger partial charge in [0.1, 0.15) is 5.75 Å². The van der Waals surface area contributed by atoms with E-state index in [1.54, 1.807) is 18.2 Å². The van der Waals surface area contributed by atoms with Crippen LogP contribution < -0.4 is 5.46 Å². The van der Waals surface area contributed by atoms with Gasteiger partial charge in [0.05, 0.1) is 11.7 Å². The second-order valence-corrected chi connectivity index (χ2v) is 4.43. The normalized spacial score (nSPS) is 24.5. The Morgan fingerprint density at radius 3 is 2.67 bits per heavy atom. The van der Waals surface area contributed by atoms with Crippen LogP contribution in [0, 0.1) is 0 Å². The molecule has 0 saturated carbocycles. The Kier molecular flexibility index (Phi) is 2.48. The number of phenolic OH excluding ortho intramolecular Hbond substituents is 1. The summed E-state index contributed by atoms with van der Waals surface area (Å²) >= 11 is 0. The van der Waals surface area contributed by atoms with Crippen LogP contribution in [-0.2, 0) is 9.31 Å². The maximum absolute atomic E-state index is 9.36. The van der Waals surface area contributed by atoms with E-state index in [0.29, 0.717) is 0 Å². The molecule has 15 heavy (non-hydrogen) atoms. The van der Waals surface area contributed by atoms with E-state index >= 15 is 0 Å². The van der Waals surface area contributed by atoms with Gasteiger partial charge in [-0.25, -0.2) is 0 Å². The van der Waals surface area contributed by atoms with Crippen molar-refractivity contribution in [1.82, 2.24) is 0 Å². The van der Waals surface area contributed by atoms with Crippen LogP contribution in [0.25, 0.3) is 0 Å². The van der Waals surface area contributed by atoms with E-state index in [2.05, 4.69) is 0 Å². The lowest BCUT2D eigenvalue weighted by molar-refractivity contribution is 0.0842. The van der Waals surface area contributed by atoms with Gasteiger partial charge in [-0.05, 0) is 38.4 Å². The average Bonchev–Trinajstić information content (AvgIpc) is 2.42. The van der Waals surface area contributed by atoms with Gasteiger partial charge in [-0.2, -0.15) is 0 Å². The molecule has 1 aromatic rings. The van der Waals surface area contributed by atoms with Gasteiger partial charge in [0.2, 0.25) is 0 Å². The third-order valence-corrected chi connectivity index (χ3v) is 2.86. The molecule has 0 aliphatic carbocycles. The quantitative estimate of drug-likeness (QED) is 0.704. The average molecular weight is 206 g/mol. The van der Waals surface area contributed by atoms with Crippen LogP contribution in [0.3, 0.4) is 0 Å². The summed E-state index contributed by atoms with van der Waals surface area (Å²) in [5.41, 5.74) is 0.572. The first-order valence-corrected chi connectivity index (χ1v) is 5.11. The van der Waals surface area contributed by atoms with Crippen LogP contribution in [0.1, 0.15) is 20.8 Å². The molecule has 4 heteroatoms. The molecule has 0 spiro atoms. The Balaban J connectivity index is 2.21. The van der Waals surface area contributed by atoms with Gasteiger partial charge >= 0.3 is 7.12 Å². The highest BCUT2D eigenvalue weighted by Gasteiger charge is 2.43. The standard InChI is InChI=1S/C11H15BO3/c1-8-11(2,3)15-12(14-8)9-5-4-6-10(13)7-9/h4-8,13H,1-3H3. The van der Waals surface area contributed by atoms with Gasteiger partial charge in [-0.3, -0.25) is 0 Å². The van der Waals surface area contributed by atoms with Crippen molar-refractivity contribution >= 4 is 12.6 Å². The summed E-state index contributed by atoms with van der Waals surface area (Å²) in [7, 11) is -0.373. The second-order valence-electron chi connectivity index (χ2n) is 4.43. The monoisotopic (exact) mass is 206 g/mol. The largest absolute Gasteiger partial charge is 0.508 e. The molecule has 1 saturated heterocycles. The molecule has 1 atom stereocenters. The molecule has 1 unspecified atom stereocenters. The lowest BCUT2D eigenvalue weighted by atomic mass is 9.79. The second kappa shape index (κ2) is 3.54. The molecule has 0 radical (unpaired) electrons. The highest BCUT2D eigenvalue weighted by molar-refractivity contribution is 6.62. The number of rotatable bonds is 1. The first-order valence-electron chi connectivity index (χ1n) is 5.11. The third-order valence-electron chi connectivity index (χ3n) is 2.86. The van der Waals surface area contributed by atoms with E-state index in [4.69, 9.17) is 9.31 Å². The lowest BCUT2D eigenvalue weighted by Gasteiger charge is -2.21. The van der Waals surface area contributed by atoms with Crippen LogP contribution in [0.2, 0.25) is 0 Å². The van der Waals surface area contributed by atoms with Crippen LogP contribution in [0.5, 0.6) is 5.75 Å². The minimum Gasteiger partial charge on any atom is -0.508 e. The van der Waals surface area contributed by atoms with Gasteiger partial charge in [0, 0.05) is 0 Å². The van der Waals surface area contributed by atoms with Crippen molar-refractivity contribution in [2.75, 3.05) is 0 Å². The zero-order valence-corrected chi connectivity index (χ0v) is 9.23. The summed E-state index contributed by atoms with van der Waals surface area (Å²) in [5.74, 6) is 0.233. The van der Waals surface area contributed by atoms with Crippen molar-refractivity contribution in [2.24, 2.45) is 0 Å². The van der Waals surface area contributed by atoms with Crippen molar-refractivity contribution in [1.29, 1.82) is 0 Å². The summed E-state index contributed by atoms with van der Waals surface area (Å²) in [5, 5.41) is 9.36. The number of hydrogen-bond acceptors (Lipinski definition) is 3. The maximum atomic E-state index is 9.36. The summed E-state index contributed by atoms with van der Waals surface area (Å²) in [6.07, 6.45) is 0.0462. The van der Waals surface area contributed by atoms with Crippen molar-refractivity contribution in [3.8, 4) is 5.75 Å². The van der Waals surface area contributed by atoms with Crippen LogP contribution in [-0.4, -0.2) is 23.9 Å². The van der Waals surface area contributed by atoms with Crippen LogP contribution >= 0.6 is 0 Å². The molecular formula is C11H15BO3. The Bertz CT molecular complexity index is 365. The van der Waals surface area contributed by atoms with Crippen LogP contribution in [0.15, 0.2) is 24.3 Å². The fourth-order valence-corrected chi connectivity index (χ4v) is 1.57. The van der Waals surface area contributed by atoms with Gasteiger partial charge < -0.3 is 14.4 Å². The highest BCUT2D eigenvalue weighted by atomic mass is 16.7. The first-order chi connectivity index (χ1) is 6.99. The van der Waals surface area contributed by atoms with E-state index in [1.807, 2.05) is 26.8 Å². The van der Waals surface area contributed by atoms with Gasteiger partial charge in [0.25, 0.3) is 0 Å². The first kappa shape index (κ1) is 10.5. The zero-order chi connectivity index (χ0) is 11.1. The molecule has 1 fully saturated rings. The molecule has 1 heterocycles. The van der Waals surface area contributed by atoms with E-state index < -0.39 is 0 Å². The van der Waals surface area contributed by atoms with E-state index in [1.165, 1.54) is 0 Å². The van der Waals surface area contributed by atoms with Gasteiger partial charge in [0.15, 0.2) is 0 Å².